The summed E-state index contributed by atoms with van der Waals surface area (Å²) < 4.78 is 10.5. The van der Waals surface area contributed by atoms with E-state index >= 15 is 0 Å². The molecule has 0 amide bonds. The van der Waals surface area contributed by atoms with Crippen LogP contribution in [0.5, 0.6) is 0 Å². The Kier molecular flexibility index (Phi) is 3.58. The van der Waals surface area contributed by atoms with Gasteiger partial charge in [-0.1, -0.05) is 12.1 Å². The van der Waals surface area contributed by atoms with Gasteiger partial charge in [0.1, 0.15) is 0 Å². The van der Waals surface area contributed by atoms with Crippen molar-refractivity contribution in [3.05, 3.63) is 23.8 Å². The zero-order valence-electron chi connectivity index (χ0n) is 10.4. The predicted octanol–water partition coefficient (Wildman–Crippen LogP) is 2.53. The van der Waals surface area contributed by atoms with Crippen LogP contribution in [0.4, 0.5) is 0 Å². The Morgan fingerprint density at radius 2 is 2.29 bits per heavy atom. The van der Waals surface area contributed by atoms with Crippen molar-refractivity contribution in [3.8, 4) is 11.6 Å². The maximum atomic E-state index is 5.31. The van der Waals surface area contributed by atoms with Gasteiger partial charge >= 0.3 is 0 Å². The molecule has 5 nitrogen and oxygen atoms in total. The van der Waals surface area contributed by atoms with E-state index in [1.165, 1.54) is 0 Å². The minimum absolute atomic E-state index is 0.440. The molecule has 0 spiro atoms. The molecule has 0 saturated carbocycles. The third-order valence-electron chi connectivity index (χ3n) is 2.75. The Bertz CT molecular complexity index is 476. The number of aryl methyl sites for hydroxylation is 1. The molecule has 2 aromatic heterocycles. The number of rotatable bonds is 5. The Balaban J connectivity index is 2.04. The minimum Gasteiger partial charge on any atom is -0.461 e. The predicted molar refractivity (Wildman–Crippen MR) is 63.3 cm³/mol. The smallest absolute Gasteiger partial charge is 0.241 e. The standard InChI is InChI=1S/C12H17N3O2/c1-4-9(3)13-7-10-14-12(15-17-10)11-8(2)5-6-16-11/h5-6,9,13H,4,7H2,1-3H3. The van der Waals surface area contributed by atoms with Gasteiger partial charge in [-0.25, -0.2) is 0 Å². The van der Waals surface area contributed by atoms with E-state index in [4.69, 9.17) is 8.94 Å². The molecule has 17 heavy (non-hydrogen) atoms. The normalized spacial score (nSPS) is 12.9. The molecule has 1 unspecified atom stereocenters. The summed E-state index contributed by atoms with van der Waals surface area (Å²) >= 11 is 0. The Morgan fingerprint density at radius 1 is 1.47 bits per heavy atom. The lowest BCUT2D eigenvalue weighted by molar-refractivity contribution is 0.357. The number of hydrogen-bond acceptors (Lipinski definition) is 5. The molecule has 2 aromatic rings. The quantitative estimate of drug-likeness (QED) is 0.862. The average molecular weight is 235 g/mol. The Labute approximate surface area is 100 Å². The van der Waals surface area contributed by atoms with Gasteiger partial charge in [0, 0.05) is 6.04 Å². The van der Waals surface area contributed by atoms with Crippen molar-refractivity contribution in [1.29, 1.82) is 0 Å². The number of nitrogens with zero attached hydrogens (tertiary/aromatic N) is 2. The second-order valence-corrected chi connectivity index (χ2v) is 4.13. The first kappa shape index (κ1) is 11.9. The van der Waals surface area contributed by atoms with E-state index in [0.29, 0.717) is 30.1 Å². The van der Waals surface area contributed by atoms with Crippen LogP contribution in [0.15, 0.2) is 21.3 Å². The molecule has 0 aliphatic carbocycles. The minimum atomic E-state index is 0.440. The average Bonchev–Trinajstić information content (AvgIpc) is 2.94. The fraction of sp³-hybridized carbons (Fsp3) is 0.500. The Morgan fingerprint density at radius 3 is 2.94 bits per heavy atom. The molecule has 0 radical (unpaired) electrons. The fourth-order valence-corrected chi connectivity index (χ4v) is 1.43. The molecule has 0 bridgehead atoms. The van der Waals surface area contributed by atoms with Gasteiger partial charge in [-0.2, -0.15) is 4.98 Å². The van der Waals surface area contributed by atoms with Gasteiger partial charge in [-0.15, -0.1) is 0 Å². The molecular formula is C12H17N3O2. The second kappa shape index (κ2) is 5.14. The van der Waals surface area contributed by atoms with Crippen LogP contribution in [0.3, 0.4) is 0 Å². The third kappa shape index (κ3) is 2.74. The van der Waals surface area contributed by atoms with Crippen LogP contribution in [0.2, 0.25) is 0 Å². The SMILES string of the molecule is CCC(C)NCc1nc(-c2occc2C)no1. The van der Waals surface area contributed by atoms with Crippen molar-refractivity contribution in [3.63, 3.8) is 0 Å². The van der Waals surface area contributed by atoms with Crippen LogP contribution in [-0.4, -0.2) is 16.2 Å². The van der Waals surface area contributed by atoms with Gasteiger partial charge in [-0.3, -0.25) is 0 Å². The highest BCUT2D eigenvalue weighted by Crippen LogP contribution is 2.20. The molecule has 2 rings (SSSR count). The van der Waals surface area contributed by atoms with Gasteiger partial charge in [0.25, 0.3) is 0 Å². The molecule has 0 aliphatic heterocycles. The van der Waals surface area contributed by atoms with E-state index in [-0.39, 0.29) is 0 Å². The highest BCUT2D eigenvalue weighted by molar-refractivity contribution is 5.50. The van der Waals surface area contributed by atoms with Crippen LogP contribution in [0.25, 0.3) is 11.6 Å². The third-order valence-corrected chi connectivity index (χ3v) is 2.75. The van der Waals surface area contributed by atoms with Crippen LogP contribution in [-0.2, 0) is 6.54 Å². The van der Waals surface area contributed by atoms with E-state index < -0.39 is 0 Å². The lowest BCUT2D eigenvalue weighted by atomic mass is 10.2. The van der Waals surface area contributed by atoms with E-state index in [0.717, 1.165) is 12.0 Å². The van der Waals surface area contributed by atoms with Crippen LogP contribution >= 0.6 is 0 Å². The van der Waals surface area contributed by atoms with Gasteiger partial charge in [0.15, 0.2) is 5.76 Å². The molecular weight excluding hydrogens is 218 g/mol. The van der Waals surface area contributed by atoms with Crippen LogP contribution in [0.1, 0.15) is 31.7 Å². The number of nitrogens with one attached hydrogen (secondary N) is 1. The molecule has 5 heteroatoms. The first-order valence-corrected chi connectivity index (χ1v) is 5.81. The molecule has 1 atom stereocenters. The van der Waals surface area contributed by atoms with Crippen molar-refractivity contribution >= 4 is 0 Å². The summed E-state index contributed by atoms with van der Waals surface area (Å²) in [6, 6.07) is 2.32. The van der Waals surface area contributed by atoms with Crippen molar-refractivity contribution in [2.75, 3.05) is 0 Å². The largest absolute Gasteiger partial charge is 0.461 e. The van der Waals surface area contributed by atoms with Crippen LogP contribution < -0.4 is 5.32 Å². The molecule has 1 N–H and O–H groups in total. The van der Waals surface area contributed by atoms with Gasteiger partial charge in [0.05, 0.1) is 12.8 Å². The zero-order chi connectivity index (χ0) is 12.3. The first-order chi connectivity index (χ1) is 8.20. The van der Waals surface area contributed by atoms with Gasteiger partial charge in [0.2, 0.25) is 11.7 Å². The molecule has 2 heterocycles. The van der Waals surface area contributed by atoms with E-state index in [1.54, 1.807) is 6.26 Å². The number of furan rings is 1. The monoisotopic (exact) mass is 235 g/mol. The zero-order valence-corrected chi connectivity index (χ0v) is 10.4. The summed E-state index contributed by atoms with van der Waals surface area (Å²) in [5.41, 5.74) is 1.01. The van der Waals surface area contributed by atoms with Crippen molar-refractivity contribution in [1.82, 2.24) is 15.5 Å². The maximum Gasteiger partial charge on any atom is 0.241 e. The molecule has 0 aliphatic rings. The lowest BCUT2D eigenvalue weighted by Gasteiger charge is -2.07. The lowest BCUT2D eigenvalue weighted by Crippen LogP contribution is -2.24. The van der Waals surface area contributed by atoms with Crippen molar-refractivity contribution in [2.45, 2.75) is 39.8 Å². The summed E-state index contributed by atoms with van der Waals surface area (Å²) in [7, 11) is 0. The first-order valence-electron chi connectivity index (χ1n) is 5.81. The number of hydrogen-bond donors (Lipinski definition) is 1. The summed E-state index contributed by atoms with van der Waals surface area (Å²) in [5, 5.41) is 7.20. The summed E-state index contributed by atoms with van der Waals surface area (Å²) in [4.78, 5) is 4.29. The van der Waals surface area contributed by atoms with E-state index in [9.17, 15) is 0 Å². The van der Waals surface area contributed by atoms with Gasteiger partial charge in [-0.05, 0) is 31.9 Å². The van der Waals surface area contributed by atoms with Crippen molar-refractivity contribution in [2.24, 2.45) is 0 Å². The Hall–Kier alpha value is -1.62. The van der Waals surface area contributed by atoms with Gasteiger partial charge < -0.3 is 14.3 Å². The molecule has 0 saturated heterocycles. The highest BCUT2D eigenvalue weighted by atomic mass is 16.5. The second-order valence-electron chi connectivity index (χ2n) is 4.13. The maximum absolute atomic E-state index is 5.31. The van der Waals surface area contributed by atoms with E-state index in [2.05, 4.69) is 29.3 Å². The van der Waals surface area contributed by atoms with E-state index in [1.807, 2.05) is 13.0 Å². The molecule has 92 valence electrons. The summed E-state index contributed by atoms with van der Waals surface area (Å²) in [6.45, 7) is 6.78. The molecule has 0 aromatic carbocycles. The summed E-state index contributed by atoms with van der Waals surface area (Å²) in [6.07, 6.45) is 2.69. The highest BCUT2D eigenvalue weighted by Gasteiger charge is 2.13. The van der Waals surface area contributed by atoms with Crippen molar-refractivity contribution < 1.29 is 8.94 Å². The topological polar surface area (TPSA) is 64.1 Å². The van der Waals surface area contributed by atoms with Crippen LogP contribution in [0, 0.1) is 6.92 Å². The number of aromatic nitrogens is 2. The summed E-state index contributed by atoms with van der Waals surface area (Å²) in [5.74, 6) is 1.76. The fourth-order valence-electron chi connectivity index (χ4n) is 1.43. The molecule has 0 fully saturated rings.